The van der Waals surface area contributed by atoms with Crippen LogP contribution in [-0.4, -0.2) is 51.6 Å². The third-order valence-corrected chi connectivity index (χ3v) is 4.29. The molecule has 0 aromatic heterocycles. The summed E-state index contributed by atoms with van der Waals surface area (Å²) < 4.78 is 0. The van der Waals surface area contributed by atoms with Gasteiger partial charge in [-0.2, -0.15) is 0 Å². The number of carbonyl (C=O) groups excluding carboxylic acids is 1. The molecule has 146 valence electrons. The molecule has 0 bridgehead atoms. The van der Waals surface area contributed by atoms with Crippen LogP contribution in [0.25, 0.3) is 0 Å². The molecule has 1 aromatic carbocycles. The molecule has 6 nitrogen and oxygen atoms in total. The van der Waals surface area contributed by atoms with E-state index in [-0.39, 0.29) is 35.8 Å². The fraction of sp³-hybridized carbons (Fsp3) is 0.579. The summed E-state index contributed by atoms with van der Waals surface area (Å²) in [6.07, 6.45) is 3.11. The molecule has 2 rings (SSSR count). The zero-order chi connectivity index (χ0) is 17.9. The highest BCUT2D eigenvalue weighted by Gasteiger charge is 2.28. The number of anilines is 1. The lowest BCUT2D eigenvalue weighted by Crippen LogP contribution is -2.42. The molecule has 1 aliphatic carbocycles. The van der Waals surface area contributed by atoms with E-state index >= 15 is 0 Å². The number of nitrogens with one attached hydrogen (secondary N) is 3. The van der Waals surface area contributed by atoms with Gasteiger partial charge < -0.3 is 20.9 Å². The van der Waals surface area contributed by atoms with E-state index in [0.29, 0.717) is 13.1 Å². The van der Waals surface area contributed by atoms with Gasteiger partial charge >= 0.3 is 0 Å². The summed E-state index contributed by atoms with van der Waals surface area (Å²) in [5, 5.41) is 9.49. The first-order valence-corrected chi connectivity index (χ1v) is 9.26. The molecule has 1 amide bonds. The minimum absolute atomic E-state index is 0. The van der Waals surface area contributed by atoms with Gasteiger partial charge in [0.1, 0.15) is 0 Å². The second-order valence-corrected chi connectivity index (χ2v) is 6.26. The van der Waals surface area contributed by atoms with Gasteiger partial charge in [0.05, 0.1) is 0 Å². The number of para-hydroxylation sites is 1. The quantitative estimate of drug-likeness (QED) is 0.211. The van der Waals surface area contributed by atoms with E-state index in [0.717, 1.165) is 44.9 Å². The third-order valence-electron chi connectivity index (χ3n) is 4.29. The lowest BCUT2D eigenvalue weighted by atomic mass is 10.2. The van der Waals surface area contributed by atoms with E-state index < -0.39 is 0 Å². The number of nitrogens with zero attached hydrogens (tertiary/aromatic N) is 2. The van der Waals surface area contributed by atoms with Gasteiger partial charge in [-0.15, -0.1) is 24.0 Å². The summed E-state index contributed by atoms with van der Waals surface area (Å²) >= 11 is 0. The van der Waals surface area contributed by atoms with E-state index in [1.54, 1.807) is 7.05 Å². The van der Waals surface area contributed by atoms with E-state index in [9.17, 15) is 4.79 Å². The number of carbonyl (C=O) groups is 1. The van der Waals surface area contributed by atoms with Crippen molar-refractivity contribution in [2.45, 2.75) is 26.2 Å². The Kier molecular flexibility index (Phi) is 11.1. The van der Waals surface area contributed by atoms with Crippen LogP contribution in [0.3, 0.4) is 0 Å². The van der Waals surface area contributed by atoms with Crippen LogP contribution >= 0.6 is 24.0 Å². The number of hydrogen-bond donors (Lipinski definition) is 3. The van der Waals surface area contributed by atoms with Crippen molar-refractivity contribution < 1.29 is 4.79 Å². The van der Waals surface area contributed by atoms with Crippen LogP contribution in [0.4, 0.5) is 5.69 Å². The maximum Gasteiger partial charge on any atom is 0.223 e. The average molecular weight is 473 g/mol. The van der Waals surface area contributed by atoms with Gasteiger partial charge in [0.25, 0.3) is 0 Å². The summed E-state index contributed by atoms with van der Waals surface area (Å²) in [6.45, 7) is 6.35. The van der Waals surface area contributed by atoms with Crippen molar-refractivity contribution in [3.63, 3.8) is 0 Å². The summed E-state index contributed by atoms with van der Waals surface area (Å²) in [5.74, 6) is 1.23. The highest BCUT2D eigenvalue weighted by atomic mass is 127. The minimum Gasteiger partial charge on any atom is -0.372 e. The van der Waals surface area contributed by atoms with Crippen LogP contribution in [0.15, 0.2) is 35.3 Å². The molecule has 0 aliphatic heterocycles. The Morgan fingerprint density at radius 1 is 1.12 bits per heavy atom. The number of aliphatic imine (C=N–C) groups is 1. The molecule has 3 N–H and O–H groups in total. The maximum atomic E-state index is 11.6. The summed E-state index contributed by atoms with van der Waals surface area (Å²) in [4.78, 5) is 18.1. The molecular formula is C19H32IN5O. The summed E-state index contributed by atoms with van der Waals surface area (Å²) in [7, 11) is 1.76. The topological polar surface area (TPSA) is 68.8 Å². The number of hydrogen-bond acceptors (Lipinski definition) is 3. The smallest absolute Gasteiger partial charge is 0.223 e. The van der Waals surface area contributed by atoms with Crippen LogP contribution in [0.5, 0.6) is 0 Å². The van der Waals surface area contributed by atoms with Crippen molar-refractivity contribution >= 4 is 41.5 Å². The first kappa shape index (κ1) is 22.5. The Balaban J connectivity index is 0.00000338. The molecule has 1 fully saturated rings. The monoisotopic (exact) mass is 473 g/mol. The molecule has 26 heavy (non-hydrogen) atoms. The molecule has 0 heterocycles. The van der Waals surface area contributed by atoms with Crippen LogP contribution in [0.2, 0.25) is 0 Å². The molecule has 0 unspecified atom stereocenters. The van der Waals surface area contributed by atoms with Crippen molar-refractivity contribution in [3.05, 3.63) is 30.3 Å². The van der Waals surface area contributed by atoms with E-state index in [1.807, 2.05) is 6.07 Å². The lowest BCUT2D eigenvalue weighted by Gasteiger charge is -2.23. The van der Waals surface area contributed by atoms with Crippen LogP contribution in [-0.2, 0) is 4.79 Å². The van der Waals surface area contributed by atoms with E-state index in [1.165, 1.54) is 5.69 Å². The normalized spacial score (nSPS) is 13.5. The molecule has 1 aliphatic rings. The fourth-order valence-electron chi connectivity index (χ4n) is 2.66. The van der Waals surface area contributed by atoms with Crippen molar-refractivity contribution in [2.24, 2.45) is 10.9 Å². The minimum atomic E-state index is 0. The van der Waals surface area contributed by atoms with Crippen LogP contribution in [0, 0.1) is 5.92 Å². The molecule has 1 aromatic rings. The van der Waals surface area contributed by atoms with Crippen LogP contribution in [0.1, 0.15) is 26.2 Å². The van der Waals surface area contributed by atoms with Crippen molar-refractivity contribution in [3.8, 4) is 0 Å². The van der Waals surface area contributed by atoms with Crippen molar-refractivity contribution in [2.75, 3.05) is 44.7 Å². The van der Waals surface area contributed by atoms with Gasteiger partial charge in [-0.05, 0) is 38.3 Å². The van der Waals surface area contributed by atoms with Crippen molar-refractivity contribution in [1.29, 1.82) is 0 Å². The Bertz CT molecular complexity index is 548. The number of benzene rings is 1. The van der Waals surface area contributed by atoms with Gasteiger partial charge in [0.2, 0.25) is 5.91 Å². The number of amides is 1. The van der Waals surface area contributed by atoms with Gasteiger partial charge in [-0.1, -0.05) is 18.2 Å². The number of guanidine groups is 1. The first-order chi connectivity index (χ1) is 12.2. The molecule has 7 heteroatoms. The third kappa shape index (κ3) is 8.25. The molecule has 0 saturated heterocycles. The second-order valence-electron chi connectivity index (χ2n) is 6.26. The Labute approximate surface area is 174 Å². The zero-order valence-corrected chi connectivity index (χ0v) is 18.2. The molecule has 0 spiro atoms. The van der Waals surface area contributed by atoms with Gasteiger partial charge in [0, 0.05) is 51.4 Å². The highest BCUT2D eigenvalue weighted by Crippen LogP contribution is 2.28. The Morgan fingerprint density at radius 3 is 2.38 bits per heavy atom. The van der Waals surface area contributed by atoms with Crippen LogP contribution < -0.4 is 20.9 Å². The van der Waals surface area contributed by atoms with Gasteiger partial charge in [0.15, 0.2) is 5.96 Å². The Morgan fingerprint density at radius 2 is 1.77 bits per heavy atom. The predicted octanol–water partition coefficient (Wildman–Crippen LogP) is 2.21. The highest BCUT2D eigenvalue weighted by molar-refractivity contribution is 14.0. The van der Waals surface area contributed by atoms with Gasteiger partial charge in [-0.25, -0.2) is 0 Å². The average Bonchev–Trinajstić information content (AvgIpc) is 3.49. The van der Waals surface area contributed by atoms with E-state index in [2.05, 4.69) is 57.0 Å². The largest absolute Gasteiger partial charge is 0.372 e. The molecular weight excluding hydrogens is 441 g/mol. The van der Waals surface area contributed by atoms with Crippen molar-refractivity contribution in [1.82, 2.24) is 16.0 Å². The molecule has 0 atom stereocenters. The Hall–Kier alpha value is -1.51. The zero-order valence-electron chi connectivity index (χ0n) is 15.8. The second kappa shape index (κ2) is 12.8. The number of rotatable bonds is 10. The first-order valence-electron chi connectivity index (χ1n) is 9.26. The lowest BCUT2D eigenvalue weighted by molar-refractivity contribution is -0.122. The predicted molar refractivity (Wildman–Crippen MR) is 119 cm³/mol. The van der Waals surface area contributed by atoms with E-state index in [4.69, 9.17) is 0 Å². The summed E-state index contributed by atoms with van der Waals surface area (Å²) in [6, 6.07) is 10.5. The maximum absolute atomic E-state index is 11.6. The standard InChI is InChI=1S/C19H31N5O.HI/c1-3-24(17-8-5-4-6-9-17)15-7-12-22-19(20-2)23-14-13-21-18(25)16-10-11-16;/h4-6,8-9,16H,3,7,10-15H2,1-2H3,(H,21,25)(H2,20,22,23);1H. The fourth-order valence-corrected chi connectivity index (χ4v) is 2.66. The molecule has 1 saturated carbocycles. The SMILES string of the molecule is CCN(CCCNC(=NC)NCCNC(=O)C1CC1)c1ccccc1.I. The van der Waals surface area contributed by atoms with Gasteiger partial charge in [-0.3, -0.25) is 9.79 Å². The summed E-state index contributed by atoms with van der Waals surface area (Å²) in [5.41, 5.74) is 1.26. The molecule has 0 radical (unpaired) electrons. The number of halogens is 1.